The summed E-state index contributed by atoms with van der Waals surface area (Å²) in [6.07, 6.45) is 9.25. The average molecular weight is 331 g/mol. The van der Waals surface area contributed by atoms with Crippen LogP contribution in [0.25, 0.3) is 0 Å². The van der Waals surface area contributed by atoms with Crippen molar-refractivity contribution in [1.82, 2.24) is 10.3 Å². The Kier molecular flexibility index (Phi) is 7.03. The van der Waals surface area contributed by atoms with E-state index in [4.69, 9.17) is 11.1 Å². The summed E-state index contributed by atoms with van der Waals surface area (Å²) >= 11 is 0. The van der Waals surface area contributed by atoms with Gasteiger partial charge in [0.1, 0.15) is 5.82 Å². The third kappa shape index (κ3) is 5.22. The van der Waals surface area contributed by atoms with E-state index < -0.39 is 0 Å². The summed E-state index contributed by atoms with van der Waals surface area (Å²) in [5, 5.41) is 14.7. The van der Waals surface area contributed by atoms with Crippen LogP contribution in [0.4, 0.5) is 11.5 Å². The first kappa shape index (κ1) is 18.2. The Hall–Kier alpha value is -2.11. The van der Waals surface area contributed by atoms with Gasteiger partial charge in [-0.3, -0.25) is 4.79 Å². The van der Waals surface area contributed by atoms with Crippen molar-refractivity contribution in [3.05, 3.63) is 17.8 Å². The molecule has 1 fully saturated rings. The van der Waals surface area contributed by atoms with Gasteiger partial charge in [-0.15, -0.1) is 0 Å². The maximum atomic E-state index is 11.8. The van der Waals surface area contributed by atoms with Crippen molar-refractivity contribution in [3.8, 4) is 0 Å². The topological polar surface area (TPSA) is 104 Å². The summed E-state index contributed by atoms with van der Waals surface area (Å²) in [5.41, 5.74) is 7.65. The largest absolute Gasteiger partial charge is 0.398 e. The van der Waals surface area contributed by atoms with Crippen LogP contribution in [0.3, 0.4) is 0 Å². The van der Waals surface area contributed by atoms with Crippen molar-refractivity contribution < 1.29 is 4.79 Å². The van der Waals surface area contributed by atoms with Crippen molar-refractivity contribution in [2.75, 3.05) is 17.6 Å². The number of nitrogen functional groups attached to an aromatic ring is 1. The maximum absolute atomic E-state index is 11.8. The van der Waals surface area contributed by atoms with Crippen molar-refractivity contribution >= 4 is 23.1 Å². The predicted molar refractivity (Wildman–Crippen MR) is 98.5 cm³/mol. The molecule has 0 spiro atoms. The zero-order chi connectivity index (χ0) is 17.4. The van der Waals surface area contributed by atoms with Gasteiger partial charge in [0.05, 0.1) is 5.56 Å². The molecular formula is C18H29N5O. The van der Waals surface area contributed by atoms with Crippen LogP contribution in [0.1, 0.15) is 63.9 Å². The lowest BCUT2D eigenvalue weighted by molar-refractivity contribution is -0.120. The highest BCUT2D eigenvalue weighted by Crippen LogP contribution is 2.26. The van der Waals surface area contributed by atoms with Gasteiger partial charge >= 0.3 is 0 Å². The van der Waals surface area contributed by atoms with Crippen LogP contribution in [0.5, 0.6) is 0 Å². The first-order valence-corrected chi connectivity index (χ1v) is 8.97. The van der Waals surface area contributed by atoms with Crippen LogP contribution in [0.2, 0.25) is 0 Å². The Morgan fingerprint density at radius 1 is 1.33 bits per heavy atom. The zero-order valence-corrected chi connectivity index (χ0v) is 14.5. The van der Waals surface area contributed by atoms with Gasteiger partial charge in [0.25, 0.3) is 0 Å². The van der Waals surface area contributed by atoms with Crippen molar-refractivity contribution in [1.29, 1.82) is 5.41 Å². The molecule has 5 N–H and O–H groups in total. The first-order chi connectivity index (χ1) is 11.6. The third-order valence-electron chi connectivity index (χ3n) is 4.41. The van der Waals surface area contributed by atoms with E-state index in [9.17, 15) is 4.79 Å². The Labute approximate surface area is 144 Å². The van der Waals surface area contributed by atoms with Crippen molar-refractivity contribution in [2.45, 2.75) is 64.3 Å². The number of aromatic nitrogens is 1. The Morgan fingerprint density at radius 2 is 2.08 bits per heavy atom. The van der Waals surface area contributed by atoms with Gasteiger partial charge in [0.2, 0.25) is 5.91 Å². The number of nitrogens with two attached hydrogens (primary N) is 1. The van der Waals surface area contributed by atoms with E-state index in [0.29, 0.717) is 48.2 Å². The molecule has 6 heteroatoms. The van der Waals surface area contributed by atoms with E-state index in [1.54, 1.807) is 12.3 Å². The molecule has 6 nitrogen and oxygen atoms in total. The Morgan fingerprint density at radius 3 is 2.79 bits per heavy atom. The average Bonchev–Trinajstić information content (AvgIpc) is 2.59. The number of hydrogen-bond donors (Lipinski definition) is 4. The molecule has 0 aliphatic heterocycles. The fraction of sp³-hybridized carbons (Fsp3) is 0.611. The molecular weight excluding hydrogens is 302 g/mol. The highest BCUT2D eigenvalue weighted by atomic mass is 16.1. The minimum Gasteiger partial charge on any atom is -0.398 e. The van der Waals surface area contributed by atoms with E-state index in [1.807, 2.05) is 6.92 Å². The summed E-state index contributed by atoms with van der Waals surface area (Å²) in [5.74, 6) is 0.659. The maximum Gasteiger partial charge on any atom is 0.220 e. The summed E-state index contributed by atoms with van der Waals surface area (Å²) in [7, 11) is 0. The van der Waals surface area contributed by atoms with Crippen LogP contribution in [-0.2, 0) is 4.79 Å². The van der Waals surface area contributed by atoms with E-state index in [2.05, 4.69) is 15.6 Å². The quantitative estimate of drug-likeness (QED) is 0.549. The van der Waals surface area contributed by atoms with Gasteiger partial charge in [0.15, 0.2) is 0 Å². The van der Waals surface area contributed by atoms with E-state index in [0.717, 1.165) is 19.3 Å². The highest BCUT2D eigenvalue weighted by Gasteiger charge is 2.19. The number of nitrogens with zero attached hydrogens (tertiary/aromatic N) is 1. The van der Waals surface area contributed by atoms with Gasteiger partial charge in [-0.2, -0.15) is 0 Å². The van der Waals surface area contributed by atoms with Crippen LogP contribution in [-0.4, -0.2) is 29.2 Å². The van der Waals surface area contributed by atoms with Crippen LogP contribution >= 0.6 is 0 Å². The molecule has 1 aromatic heterocycles. The molecule has 24 heavy (non-hydrogen) atoms. The summed E-state index contributed by atoms with van der Waals surface area (Å²) in [6.45, 7) is 2.69. The lowest BCUT2D eigenvalue weighted by Gasteiger charge is -2.25. The predicted octanol–water partition coefficient (Wildman–Crippen LogP) is 3.08. The molecule has 2 rings (SSSR count). The zero-order valence-electron chi connectivity index (χ0n) is 14.5. The molecule has 1 aliphatic rings. The fourth-order valence-corrected chi connectivity index (χ4v) is 3.06. The molecule has 0 bridgehead atoms. The number of carbonyl (C=O) groups is 1. The van der Waals surface area contributed by atoms with Crippen LogP contribution in [0.15, 0.2) is 12.3 Å². The number of carbonyl (C=O) groups excluding carboxylic acids is 1. The molecule has 1 aromatic rings. The second kappa shape index (κ2) is 9.25. The minimum atomic E-state index is -0.0224. The summed E-state index contributed by atoms with van der Waals surface area (Å²) < 4.78 is 0. The van der Waals surface area contributed by atoms with E-state index in [-0.39, 0.29) is 5.91 Å². The Bertz CT molecular complexity index is 567. The molecule has 132 valence electrons. The molecule has 1 aliphatic carbocycles. The fourth-order valence-electron chi connectivity index (χ4n) is 3.06. The smallest absolute Gasteiger partial charge is 0.220 e. The lowest BCUT2D eigenvalue weighted by atomic mass is 9.95. The molecule has 0 atom stereocenters. The molecule has 1 heterocycles. The number of hydrogen-bond acceptors (Lipinski definition) is 5. The van der Waals surface area contributed by atoms with Gasteiger partial charge in [0, 0.05) is 36.6 Å². The molecule has 0 aromatic carbocycles. The highest BCUT2D eigenvalue weighted by molar-refractivity contribution is 6.07. The number of rotatable bonds is 8. The first-order valence-electron chi connectivity index (χ1n) is 8.97. The van der Waals surface area contributed by atoms with Crippen molar-refractivity contribution in [3.63, 3.8) is 0 Å². The summed E-state index contributed by atoms with van der Waals surface area (Å²) in [6, 6.07) is 2.11. The van der Waals surface area contributed by atoms with Gasteiger partial charge in [-0.25, -0.2) is 4.98 Å². The molecule has 0 unspecified atom stereocenters. The van der Waals surface area contributed by atoms with E-state index >= 15 is 0 Å². The monoisotopic (exact) mass is 331 g/mol. The number of amides is 1. The standard InChI is InChI=1S/C18H29N5O/c1-2-11-21-16(24)9-8-14(19)17-15(20)10-12-22-18(17)23-13-6-4-3-5-7-13/h10,12-13,19H,2-9,11H2,1H3,(H,21,24)(H3,20,22,23). The van der Waals surface area contributed by atoms with Crippen molar-refractivity contribution in [2.24, 2.45) is 0 Å². The molecule has 1 saturated carbocycles. The number of anilines is 2. The number of nitrogens with one attached hydrogen (secondary N) is 3. The number of pyridine rings is 1. The molecule has 0 saturated heterocycles. The second-order valence-electron chi connectivity index (χ2n) is 6.43. The van der Waals surface area contributed by atoms with Crippen LogP contribution < -0.4 is 16.4 Å². The van der Waals surface area contributed by atoms with E-state index in [1.165, 1.54) is 19.3 Å². The third-order valence-corrected chi connectivity index (χ3v) is 4.41. The normalized spacial score (nSPS) is 15.0. The van der Waals surface area contributed by atoms with Crippen LogP contribution in [0, 0.1) is 5.41 Å². The Balaban J connectivity index is 2.02. The SMILES string of the molecule is CCCNC(=O)CCC(=N)c1c(N)ccnc1NC1CCCCC1. The second-order valence-corrected chi connectivity index (χ2v) is 6.43. The van der Waals surface area contributed by atoms with Gasteiger partial charge in [-0.1, -0.05) is 26.2 Å². The molecule has 1 amide bonds. The summed E-state index contributed by atoms with van der Waals surface area (Å²) in [4.78, 5) is 16.2. The lowest BCUT2D eigenvalue weighted by Crippen LogP contribution is -2.26. The molecule has 0 radical (unpaired) electrons. The van der Waals surface area contributed by atoms with Gasteiger partial charge in [-0.05, 0) is 31.7 Å². The van der Waals surface area contributed by atoms with Gasteiger partial charge < -0.3 is 21.8 Å². The minimum absolute atomic E-state index is 0.0224.